The molecule has 0 fully saturated rings. The number of benzene rings is 3. The van der Waals surface area contributed by atoms with Gasteiger partial charge >= 0.3 is 0 Å². The summed E-state index contributed by atoms with van der Waals surface area (Å²) in [6, 6.07) is 24.1. The van der Waals surface area contributed by atoms with Crippen molar-refractivity contribution in [3.05, 3.63) is 105 Å². The Labute approximate surface area is 179 Å². The summed E-state index contributed by atoms with van der Waals surface area (Å²) in [6.07, 6.45) is 2.72. The molecule has 1 heterocycles. The zero-order chi connectivity index (χ0) is 20.1. The van der Waals surface area contributed by atoms with Crippen molar-refractivity contribution in [2.75, 3.05) is 6.54 Å². The topological polar surface area (TPSA) is 44.7 Å². The predicted molar refractivity (Wildman–Crippen MR) is 120 cm³/mol. The van der Waals surface area contributed by atoms with Gasteiger partial charge in [0.1, 0.15) is 0 Å². The summed E-state index contributed by atoms with van der Waals surface area (Å²) in [5.41, 5.74) is 8.17. The van der Waals surface area contributed by atoms with Crippen molar-refractivity contribution in [1.29, 1.82) is 0 Å². The Morgan fingerprint density at radius 2 is 1.72 bits per heavy atom. The molecule has 29 heavy (non-hydrogen) atoms. The first-order valence-electron chi connectivity index (χ1n) is 9.65. The molecule has 0 aromatic heterocycles. The second kappa shape index (κ2) is 9.16. The van der Waals surface area contributed by atoms with Gasteiger partial charge in [0.25, 0.3) is 5.91 Å². The predicted octanol–water partition coefficient (Wildman–Crippen LogP) is 4.77. The number of hydrazone groups is 1. The summed E-state index contributed by atoms with van der Waals surface area (Å²) in [5, 5.41) is 4.05. The van der Waals surface area contributed by atoms with Gasteiger partial charge in [-0.3, -0.25) is 9.69 Å². The molecule has 1 amide bonds. The minimum absolute atomic E-state index is 0.216. The van der Waals surface area contributed by atoms with Crippen LogP contribution in [0.2, 0.25) is 0 Å². The Morgan fingerprint density at radius 3 is 2.52 bits per heavy atom. The third kappa shape index (κ3) is 5.00. The fourth-order valence-electron chi connectivity index (χ4n) is 3.51. The minimum atomic E-state index is -0.216. The number of halogens is 1. The highest BCUT2D eigenvalue weighted by atomic mass is 79.9. The van der Waals surface area contributed by atoms with Crippen molar-refractivity contribution in [2.24, 2.45) is 5.10 Å². The van der Waals surface area contributed by atoms with Crippen LogP contribution in [0.4, 0.5) is 0 Å². The maximum Gasteiger partial charge on any atom is 0.271 e. The Morgan fingerprint density at radius 1 is 1.00 bits per heavy atom. The van der Waals surface area contributed by atoms with E-state index >= 15 is 0 Å². The molecule has 0 atom stereocenters. The number of fused-ring (bicyclic) bond motifs is 1. The van der Waals surface area contributed by atoms with E-state index < -0.39 is 0 Å². The minimum Gasteiger partial charge on any atom is -0.294 e. The molecule has 0 radical (unpaired) electrons. The van der Waals surface area contributed by atoms with E-state index in [-0.39, 0.29) is 5.91 Å². The molecule has 0 spiro atoms. The Balaban J connectivity index is 1.33. The molecule has 4 nitrogen and oxygen atoms in total. The largest absolute Gasteiger partial charge is 0.294 e. The van der Waals surface area contributed by atoms with E-state index in [1.54, 1.807) is 6.21 Å². The Kier molecular flexibility index (Phi) is 6.17. The van der Waals surface area contributed by atoms with Gasteiger partial charge in [-0.1, -0.05) is 70.5 Å². The normalized spacial score (nSPS) is 14.0. The van der Waals surface area contributed by atoms with Crippen molar-refractivity contribution < 1.29 is 4.79 Å². The number of hydrogen-bond acceptors (Lipinski definition) is 3. The van der Waals surface area contributed by atoms with Crippen LogP contribution in [-0.4, -0.2) is 23.6 Å². The van der Waals surface area contributed by atoms with E-state index in [1.165, 1.54) is 16.7 Å². The third-order valence-electron chi connectivity index (χ3n) is 5.11. The summed E-state index contributed by atoms with van der Waals surface area (Å²) in [6.45, 7) is 2.92. The van der Waals surface area contributed by atoms with Gasteiger partial charge in [-0.25, -0.2) is 5.43 Å². The van der Waals surface area contributed by atoms with Crippen LogP contribution in [-0.2, 0) is 19.5 Å². The SMILES string of the molecule is O=C(N/N=C/c1ccccc1Br)c1ccc(CN2CCc3ccccc3C2)cc1. The molecule has 0 saturated heterocycles. The zero-order valence-corrected chi connectivity index (χ0v) is 17.6. The van der Waals surface area contributed by atoms with E-state index in [0.29, 0.717) is 5.56 Å². The molecule has 5 heteroatoms. The van der Waals surface area contributed by atoms with E-state index in [9.17, 15) is 4.79 Å². The van der Waals surface area contributed by atoms with Gasteiger partial charge in [-0.05, 0) is 41.3 Å². The summed E-state index contributed by atoms with van der Waals surface area (Å²) < 4.78 is 0.933. The lowest BCUT2D eigenvalue weighted by molar-refractivity contribution is 0.0955. The third-order valence-corrected chi connectivity index (χ3v) is 5.83. The van der Waals surface area contributed by atoms with Gasteiger partial charge < -0.3 is 0 Å². The average Bonchev–Trinajstić information content (AvgIpc) is 2.75. The Hall–Kier alpha value is -2.76. The molecule has 0 aliphatic carbocycles. The fourth-order valence-corrected chi connectivity index (χ4v) is 3.90. The molecule has 1 aliphatic heterocycles. The van der Waals surface area contributed by atoms with E-state index in [2.05, 4.69) is 55.6 Å². The van der Waals surface area contributed by atoms with E-state index in [4.69, 9.17) is 0 Å². The highest BCUT2D eigenvalue weighted by molar-refractivity contribution is 9.10. The number of carbonyl (C=O) groups excluding carboxylic acids is 1. The first kappa shape index (κ1) is 19.6. The molecule has 0 unspecified atom stereocenters. The molecule has 1 N–H and O–H groups in total. The highest BCUT2D eigenvalue weighted by Gasteiger charge is 2.15. The lowest BCUT2D eigenvalue weighted by Crippen LogP contribution is -2.30. The van der Waals surface area contributed by atoms with Crippen LogP contribution in [0.25, 0.3) is 0 Å². The number of nitrogens with one attached hydrogen (secondary N) is 1. The van der Waals surface area contributed by atoms with Crippen LogP contribution in [0.3, 0.4) is 0 Å². The number of nitrogens with zero attached hydrogens (tertiary/aromatic N) is 2. The van der Waals surface area contributed by atoms with Crippen LogP contribution in [0.15, 0.2) is 82.4 Å². The average molecular weight is 448 g/mol. The number of amides is 1. The number of carbonyl (C=O) groups is 1. The fraction of sp³-hybridized carbons (Fsp3) is 0.167. The lowest BCUT2D eigenvalue weighted by Gasteiger charge is -2.28. The van der Waals surface area contributed by atoms with Gasteiger partial charge in [0.05, 0.1) is 6.21 Å². The van der Waals surface area contributed by atoms with Gasteiger partial charge in [0.15, 0.2) is 0 Å². The first-order valence-corrected chi connectivity index (χ1v) is 10.4. The second-order valence-electron chi connectivity index (χ2n) is 7.15. The van der Waals surface area contributed by atoms with Crippen molar-refractivity contribution >= 4 is 28.1 Å². The molecule has 146 valence electrons. The van der Waals surface area contributed by atoms with Crippen molar-refractivity contribution in [3.63, 3.8) is 0 Å². The summed E-state index contributed by atoms with van der Waals surface area (Å²) in [4.78, 5) is 14.8. The quantitative estimate of drug-likeness (QED) is 0.452. The van der Waals surface area contributed by atoms with Gasteiger partial charge in [-0.15, -0.1) is 0 Å². The monoisotopic (exact) mass is 447 g/mol. The lowest BCUT2D eigenvalue weighted by atomic mass is 9.99. The maximum atomic E-state index is 12.3. The molecular formula is C24H22BrN3O. The van der Waals surface area contributed by atoms with Crippen LogP contribution < -0.4 is 5.43 Å². The van der Waals surface area contributed by atoms with Crippen LogP contribution in [0.5, 0.6) is 0 Å². The Bertz CT molecular complexity index is 1030. The van der Waals surface area contributed by atoms with Gasteiger partial charge in [0, 0.05) is 35.2 Å². The zero-order valence-electron chi connectivity index (χ0n) is 16.0. The van der Waals surface area contributed by atoms with Crippen molar-refractivity contribution in [3.8, 4) is 0 Å². The van der Waals surface area contributed by atoms with E-state index in [1.807, 2.05) is 48.5 Å². The summed E-state index contributed by atoms with van der Waals surface area (Å²) >= 11 is 3.46. The molecule has 3 aromatic carbocycles. The number of hydrogen-bond donors (Lipinski definition) is 1. The van der Waals surface area contributed by atoms with Crippen LogP contribution in [0, 0.1) is 0 Å². The molecule has 3 aromatic rings. The second-order valence-corrected chi connectivity index (χ2v) is 8.00. The van der Waals surface area contributed by atoms with Crippen LogP contribution in [0.1, 0.15) is 32.6 Å². The number of rotatable bonds is 5. The smallest absolute Gasteiger partial charge is 0.271 e. The molecule has 1 aliphatic rings. The summed E-state index contributed by atoms with van der Waals surface area (Å²) in [5.74, 6) is -0.216. The van der Waals surface area contributed by atoms with Gasteiger partial charge in [-0.2, -0.15) is 5.10 Å². The molecular weight excluding hydrogens is 426 g/mol. The molecule has 0 saturated carbocycles. The van der Waals surface area contributed by atoms with Crippen molar-refractivity contribution in [2.45, 2.75) is 19.5 Å². The first-order chi connectivity index (χ1) is 14.2. The van der Waals surface area contributed by atoms with Gasteiger partial charge in [0.2, 0.25) is 0 Å². The molecule has 0 bridgehead atoms. The maximum absolute atomic E-state index is 12.3. The summed E-state index contributed by atoms with van der Waals surface area (Å²) in [7, 11) is 0. The van der Waals surface area contributed by atoms with E-state index in [0.717, 1.165) is 36.1 Å². The molecule has 4 rings (SSSR count). The highest BCUT2D eigenvalue weighted by Crippen LogP contribution is 2.20. The van der Waals surface area contributed by atoms with Crippen molar-refractivity contribution in [1.82, 2.24) is 10.3 Å². The standard InChI is InChI=1S/C24H22BrN3O/c25-23-8-4-3-6-21(23)15-26-27-24(29)20-11-9-18(10-12-20)16-28-14-13-19-5-1-2-7-22(19)17-28/h1-12,15H,13-14,16-17H2,(H,27,29)/b26-15+. The van der Waals surface area contributed by atoms with Crippen LogP contribution >= 0.6 is 15.9 Å².